The van der Waals surface area contributed by atoms with Gasteiger partial charge in [0, 0.05) is 35.0 Å². The lowest BCUT2D eigenvalue weighted by Gasteiger charge is -2.45. The minimum absolute atomic E-state index is 0.0421. The number of ether oxygens (including phenoxy) is 3. The summed E-state index contributed by atoms with van der Waals surface area (Å²) in [5, 5.41) is 30.9. The molecule has 0 saturated heterocycles. The number of carbonyl (C=O) groups excluding carboxylic acids is 2. The van der Waals surface area contributed by atoms with Gasteiger partial charge < -0.3 is 34.3 Å². The second-order valence-electron chi connectivity index (χ2n) is 14.3. The molecule has 4 rings (SSSR count). The van der Waals surface area contributed by atoms with Crippen molar-refractivity contribution in [2.75, 3.05) is 6.61 Å². The molecule has 0 radical (unpaired) electrons. The van der Waals surface area contributed by atoms with E-state index in [2.05, 4.69) is 0 Å². The van der Waals surface area contributed by atoms with Crippen LogP contribution in [0.4, 0.5) is 0 Å². The van der Waals surface area contributed by atoms with Crippen LogP contribution in [0.2, 0.25) is 0 Å². The third-order valence-electron chi connectivity index (χ3n) is 8.99. The highest BCUT2D eigenvalue weighted by molar-refractivity contribution is 6.15. The van der Waals surface area contributed by atoms with Crippen molar-refractivity contribution in [1.29, 1.82) is 0 Å². The van der Waals surface area contributed by atoms with E-state index in [1.165, 1.54) is 6.92 Å². The molecule has 254 valence electrons. The minimum Gasteiger partial charge on any atom is -0.506 e. The van der Waals surface area contributed by atoms with Gasteiger partial charge in [-0.2, -0.15) is 0 Å². The number of allylic oxidation sites excluding steroid dienone is 3. The van der Waals surface area contributed by atoms with Crippen LogP contribution in [-0.2, 0) is 20.7 Å². The Morgan fingerprint density at radius 3 is 2.47 bits per heavy atom. The summed E-state index contributed by atoms with van der Waals surface area (Å²) in [7, 11) is 0. The maximum atomic E-state index is 14.3. The number of Topliss-reactive ketones (excluding diaryl/α,β-unsaturated/α-hetero) is 1. The first-order valence-electron chi connectivity index (χ1n) is 16.1. The first-order valence-corrected chi connectivity index (χ1v) is 16.1. The number of benzene rings is 1. The van der Waals surface area contributed by atoms with E-state index in [1.54, 1.807) is 38.2 Å². The zero-order valence-corrected chi connectivity index (χ0v) is 28.7. The van der Waals surface area contributed by atoms with Crippen LogP contribution in [-0.4, -0.2) is 62.9 Å². The quantitative estimate of drug-likeness (QED) is 0.0977. The topological polar surface area (TPSA) is 140 Å². The molecule has 3 unspecified atom stereocenters. The van der Waals surface area contributed by atoms with Crippen molar-refractivity contribution in [2.45, 2.75) is 104 Å². The molecule has 9 heteroatoms. The van der Waals surface area contributed by atoms with Crippen LogP contribution in [0.1, 0.15) is 96.1 Å². The number of phenolic OH excluding ortho intramolecular Hbond substituents is 1. The molecular formula is C38H48O9. The number of carboxylic acids is 1. The minimum atomic E-state index is -0.993. The molecular weight excluding hydrogens is 600 g/mol. The molecule has 4 atom stereocenters. The predicted octanol–water partition coefficient (Wildman–Crippen LogP) is 6.70. The summed E-state index contributed by atoms with van der Waals surface area (Å²) >= 11 is 0. The molecule has 1 aromatic rings. The van der Waals surface area contributed by atoms with E-state index in [0.717, 1.165) is 11.9 Å². The number of aliphatic hydroxyl groups is 1. The van der Waals surface area contributed by atoms with Crippen molar-refractivity contribution in [3.05, 3.63) is 69.9 Å². The lowest BCUT2D eigenvalue weighted by molar-refractivity contribution is -0.132. The van der Waals surface area contributed by atoms with Gasteiger partial charge in [-0.15, -0.1) is 0 Å². The van der Waals surface area contributed by atoms with Gasteiger partial charge >= 0.3 is 5.97 Å². The van der Waals surface area contributed by atoms with Crippen LogP contribution >= 0.6 is 0 Å². The molecule has 3 N–H and O–H groups in total. The fourth-order valence-corrected chi connectivity index (χ4v) is 6.27. The average Bonchev–Trinajstić information content (AvgIpc) is 2.97. The third-order valence-corrected chi connectivity index (χ3v) is 8.99. The number of aliphatic carboxylic acids is 1. The Kier molecular flexibility index (Phi) is 10.4. The van der Waals surface area contributed by atoms with Gasteiger partial charge in [-0.05, 0) is 86.8 Å². The Balaban J connectivity index is 1.79. The molecule has 0 amide bonds. The number of ketones is 1. The summed E-state index contributed by atoms with van der Waals surface area (Å²) in [4.78, 5) is 37.6. The Morgan fingerprint density at radius 2 is 1.85 bits per heavy atom. The fourth-order valence-electron chi connectivity index (χ4n) is 6.27. The number of aldehydes is 1. The Bertz CT molecular complexity index is 1580. The van der Waals surface area contributed by atoms with Crippen LogP contribution in [0.3, 0.4) is 0 Å². The zero-order chi connectivity index (χ0) is 34.9. The van der Waals surface area contributed by atoms with Crippen LogP contribution in [0.5, 0.6) is 17.2 Å². The average molecular weight is 649 g/mol. The first-order chi connectivity index (χ1) is 21.9. The number of aromatic hydroxyl groups is 1. The van der Waals surface area contributed by atoms with Gasteiger partial charge in [0.25, 0.3) is 0 Å². The van der Waals surface area contributed by atoms with Gasteiger partial charge in [0.05, 0.1) is 23.4 Å². The summed E-state index contributed by atoms with van der Waals surface area (Å²) < 4.78 is 19.7. The van der Waals surface area contributed by atoms with Crippen molar-refractivity contribution < 1.29 is 43.9 Å². The Labute approximate surface area is 277 Å². The van der Waals surface area contributed by atoms with Gasteiger partial charge in [0.2, 0.25) is 0 Å². The standard InChI is InChI=1S/C38H48O9/c1-22(2)12-13-26-32-25(14-17-38(8,47-32)16-10-15-36(4,5)44)30(40)29-31(41)27-19-24(21-39)20-28(33(27)46-34(26)29)37(6,7)45-18-9-11-23(3)35(42)43/h10-12,14-15,17,19,21,24,28,33,40,44H,9,13,16,18,20H2,1-8H3,(H,42,43)/b15-10+,23-11-/t24?,28?,33?,38-/m1/s1. The Hall–Kier alpha value is -3.95. The van der Waals surface area contributed by atoms with E-state index in [4.69, 9.17) is 14.2 Å². The van der Waals surface area contributed by atoms with Crippen LogP contribution in [0, 0.1) is 11.8 Å². The van der Waals surface area contributed by atoms with Gasteiger partial charge in [0.1, 0.15) is 40.8 Å². The molecule has 2 aliphatic heterocycles. The molecule has 47 heavy (non-hydrogen) atoms. The van der Waals surface area contributed by atoms with E-state index in [1.807, 2.05) is 52.8 Å². The summed E-state index contributed by atoms with van der Waals surface area (Å²) in [6, 6.07) is 0. The molecule has 0 saturated carbocycles. The second kappa shape index (κ2) is 13.6. The van der Waals surface area contributed by atoms with E-state index < -0.39 is 46.5 Å². The molecule has 0 aromatic heterocycles. The van der Waals surface area contributed by atoms with E-state index in [-0.39, 0.29) is 29.2 Å². The number of rotatable bonds is 12. The molecule has 0 spiro atoms. The summed E-state index contributed by atoms with van der Waals surface area (Å²) in [6.45, 7) is 14.8. The van der Waals surface area contributed by atoms with E-state index in [0.29, 0.717) is 48.1 Å². The van der Waals surface area contributed by atoms with Crippen LogP contribution in [0.15, 0.2) is 53.2 Å². The maximum absolute atomic E-state index is 14.3. The monoisotopic (exact) mass is 648 g/mol. The number of carboxylic acid groups (broad SMARTS) is 1. The highest BCUT2D eigenvalue weighted by atomic mass is 16.5. The van der Waals surface area contributed by atoms with E-state index >= 15 is 0 Å². The van der Waals surface area contributed by atoms with Crippen molar-refractivity contribution in [3.63, 3.8) is 0 Å². The lowest BCUT2D eigenvalue weighted by atomic mass is 9.70. The number of fused-ring (bicyclic) bond motifs is 3. The molecule has 0 bridgehead atoms. The normalized spacial score (nSPS) is 24.0. The number of phenols is 1. The van der Waals surface area contributed by atoms with Crippen LogP contribution in [0.25, 0.3) is 6.08 Å². The maximum Gasteiger partial charge on any atom is 0.330 e. The first kappa shape index (κ1) is 35.9. The molecule has 0 fully saturated rings. The molecule has 9 nitrogen and oxygen atoms in total. The van der Waals surface area contributed by atoms with Gasteiger partial charge in [-0.3, -0.25) is 4.79 Å². The fraction of sp³-hybridized carbons (Fsp3) is 0.500. The number of hydrogen-bond donors (Lipinski definition) is 3. The Morgan fingerprint density at radius 1 is 1.15 bits per heavy atom. The second-order valence-corrected chi connectivity index (χ2v) is 14.3. The SMILES string of the molecule is CC(C)=CCc1c2c(c(O)c3c1OC1C(=CC(C=O)CC1C(C)(C)OCC/C=C(/C)C(=O)O)C3=O)C=C[C@@](C)(C/C=C/C(C)(C)O)O2. The zero-order valence-electron chi connectivity index (χ0n) is 28.7. The molecule has 2 heterocycles. The summed E-state index contributed by atoms with van der Waals surface area (Å²) in [5.41, 5.74) is -0.0139. The molecule has 3 aliphatic rings. The molecule has 1 aromatic carbocycles. The van der Waals surface area contributed by atoms with Gasteiger partial charge in [-0.25, -0.2) is 4.79 Å². The van der Waals surface area contributed by atoms with Gasteiger partial charge in [-0.1, -0.05) is 36.0 Å². The van der Waals surface area contributed by atoms with Crippen molar-refractivity contribution in [2.24, 2.45) is 11.8 Å². The highest BCUT2D eigenvalue weighted by Gasteiger charge is 2.50. The summed E-state index contributed by atoms with van der Waals surface area (Å²) in [6.07, 6.45) is 14.1. The van der Waals surface area contributed by atoms with Crippen molar-refractivity contribution in [3.8, 4) is 17.2 Å². The number of carbonyl (C=O) groups is 3. The third kappa shape index (κ3) is 7.96. The van der Waals surface area contributed by atoms with Crippen LogP contribution < -0.4 is 9.47 Å². The van der Waals surface area contributed by atoms with Crippen molar-refractivity contribution in [1.82, 2.24) is 0 Å². The smallest absolute Gasteiger partial charge is 0.330 e. The van der Waals surface area contributed by atoms with E-state index in [9.17, 15) is 29.7 Å². The largest absolute Gasteiger partial charge is 0.506 e. The lowest BCUT2D eigenvalue weighted by Crippen LogP contribution is -2.51. The highest BCUT2D eigenvalue weighted by Crippen LogP contribution is 2.53. The number of hydrogen-bond acceptors (Lipinski definition) is 8. The summed E-state index contributed by atoms with van der Waals surface area (Å²) in [5.74, 6) is -1.94. The molecule has 1 aliphatic carbocycles. The van der Waals surface area contributed by atoms with Crippen molar-refractivity contribution >= 4 is 24.1 Å². The van der Waals surface area contributed by atoms with Gasteiger partial charge in [0.15, 0.2) is 5.78 Å². The predicted molar refractivity (Wildman–Crippen MR) is 180 cm³/mol.